The SMILES string of the molecule is CNC(C)C(=O)NC(C(=O)N1CCN(Cc2ccccc2)CC1C(=O)O)C(C)C. The summed E-state index contributed by atoms with van der Waals surface area (Å²) in [6, 6.07) is 7.69. The van der Waals surface area contributed by atoms with Crippen molar-refractivity contribution in [2.45, 2.75) is 45.4 Å². The molecule has 1 saturated heterocycles. The maximum absolute atomic E-state index is 13.2. The first-order valence-electron chi connectivity index (χ1n) is 10.0. The van der Waals surface area contributed by atoms with E-state index in [4.69, 9.17) is 0 Å². The largest absolute Gasteiger partial charge is 0.480 e. The van der Waals surface area contributed by atoms with Gasteiger partial charge in [0.05, 0.1) is 6.04 Å². The molecule has 1 fully saturated rings. The number of nitrogens with zero attached hydrogens (tertiary/aromatic N) is 2. The number of piperazine rings is 1. The highest BCUT2D eigenvalue weighted by Crippen LogP contribution is 2.17. The summed E-state index contributed by atoms with van der Waals surface area (Å²) in [5.41, 5.74) is 1.10. The molecule has 0 saturated carbocycles. The monoisotopic (exact) mass is 404 g/mol. The number of carboxylic acids is 1. The van der Waals surface area contributed by atoms with E-state index in [9.17, 15) is 19.5 Å². The second kappa shape index (κ2) is 10.4. The van der Waals surface area contributed by atoms with Gasteiger partial charge in [0, 0.05) is 26.2 Å². The third-order valence-corrected chi connectivity index (χ3v) is 5.34. The Morgan fingerprint density at radius 2 is 1.79 bits per heavy atom. The Hall–Kier alpha value is -2.45. The molecule has 8 nitrogen and oxygen atoms in total. The molecule has 1 aromatic carbocycles. The molecule has 3 unspecified atom stereocenters. The molecule has 2 rings (SSSR count). The lowest BCUT2D eigenvalue weighted by Gasteiger charge is -2.41. The fourth-order valence-electron chi connectivity index (χ4n) is 3.40. The second-order valence-electron chi connectivity index (χ2n) is 7.85. The van der Waals surface area contributed by atoms with Crippen LogP contribution < -0.4 is 10.6 Å². The molecule has 3 atom stereocenters. The van der Waals surface area contributed by atoms with Gasteiger partial charge in [-0.3, -0.25) is 14.5 Å². The lowest BCUT2D eigenvalue weighted by Crippen LogP contribution is -2.63. The Balaban J connectivity index is 2.11. The maximum Gasteiger partial charge on any atom is 0.327 e. The molecular weight excluding hydrogens is 372 g/mol. The number of benzene rings is 1. The number of hydrogen-bond donors (Lipinski definition) is 3. The molecule has 29 heavy (non-hydrogen) atoms. The minimum Gasteiger partial charge on any atom is -0.480 e. The van der Waals surface area contributed by atoms with E-state index < -0.39 is 24.1 Å². The molecule has 1 aliphatic rings. The third-order valence-electron chi connectivity index (χ3n) is 5.34. The molecule has 1 heterocycles. The van der Waals surface area contributed by atoms with Crippen LogP contribution in [0.15, 0.2) is 30.3 Å². The van der Waals surface area contributed by atoms with Gasteiger partial charge in [-0.15, -0.1) is 0 Å². The summed E-state index contributed by atoms with van der Waals surface area (Å²) in [6.07, 6.45) is 0. The molecule has 1 aromatic rings. The van der Waals surface area contributed by atoms with Crippen molar-refractivity contribution in [3.63, 3.8) is 0 Å². The van der Waals surface area contributed by atoms with Crippen LogP contribution in [0.3, 0.4) is 0 Å². The molecule has 1 aliphatic heterocycles. The first-order chi connectivity index (χ1) is 13.7. The van der Waals surface area contributed by atoms with Crippen LogP contribution in [0.5, 0.6) is 0 Å². The Kier molecular flexibility index (Phi) is 8.16. The first kappa shape index (κ1) is 22.8. The van der Waals surface area contributed by atoms with Gasteiger partial charge in [0.15, 0.2) is 0 Å². The van der Waals surface area contributed by atoms with E-state index >= 15 is 0 Å². The Labute approximate surface area is 172 Å². The quantitative estimate of drug-likeness (QED) is 0.584. The van der Waals surface area contributed by atoms with Gasteiger partial charge in [-0.25, -0.2) is 4.79 Å². The molecular formula is C21H32N4O4. The highest BCUT2D eigenvalue weighted by Gasteiger charge is 2.39. The number of hydrogen-bond acceptors (Lipinski definition) is 5. The smallest absolute Gasteiger partial charge is 0.327 e. The molecule has 0 spiro atoms. The molecule has 0 aliphatic carbocycles. The summed E-state index contributed by atoms with van der Waals surface area (Å²) in [4.78, 5) is 40.8. The van der Waals surface area contributed by atoms with Crippen molar-refractivity contribution in [1.82, 2.24) is 20.4 Å². The summed E-state index contributed by atoms with van der Waals surface area (Å²) in [7, 11) is 1.67. The number of carbonyl (C=O) groups excluding carboxylic acids is 2. The lowest BCUT2D eigenvalue weighted by molar-refractivity contribution is -0.155. The zero-order chi connectivity index (χ0) is 21.6. The van der Waals surface area contributed by atoms with E-state index in [1.807, 2.05) is 49.1 Å². The Morgan fingerprint density at radius 3 is 2.34 bits per heavy atom. The van der Waals surface area contributed by atoms with Crippen LogP contribution in [0.2, 0.25) is 0 Å². The van der Waals surface area contributed by atoms with Crippen molar-refractivity contribution in [3.8, 4) is 0 Å². The van der Waals surface area contributed by atoms with Gasteiger partial charge >= 0.3 is 5.97 Å². The van der Waals surface area contributed by atoms with Crippen LogP contribution in [-0.2, 0) is 20.9 Å². The highest BCUT2D eigenvalue weighted by molar-refractivity contribution is 5.92. The molecule has 0 aromatic heterocycles. The predicted molar refractivity (Wildman–Crippen MR) is 110 cm³/mol. The topological polar surface area (TPSA) is 102 Å². The van der Waals surface area contributed by atoms with Gasteiger partial charge in [-0.1, -0.05) is 44.2 Å². The summed E-state index contributed by atoms with van der Waals surface area (Å²) in [5.74, 6) is -1.82. The van der Waals surface area contributed by atoms with Crippen LogP contribution >= 0.6 is 0 Å². The molecule has 160 valence electrons. The minimum atomic E-state index is -1.03. The van der Waals surface area contributed by atoms with Crippen molar-refractivity contribution in [1.29, 1.82) is 0 Å². The van der Waals surface area contributed by atoms with Crippen LogP contribution in [0, 0.1) is 5.92 Å². The van der Waals surface area contributed by atoms with E-state index in [1.165, 1.54) is 4.90 Å². The molecule has 0 radical (unpaired) electrons. The van der Waals surface area contributed by atoms with E-state index in [0.717, 1.165) is 5.56 Å². The van der Waals surface area contributed by atoms with Crippen LogP contribution in [0.25, 0.3) is 0 Å². The average Bonchev–Trinajstić information content (AvgIpc) is 2.71. The van der Waals surface area contributed by atoms with Crippen molar-refractivity contribution >= 4 is 17.8 Å². The number of likely N-dealkylation sites (N-methyl/N-ethyl adjacent to an activating group) is 1. The van der Waals surface area contributed by atoms with Crippen molar-refractivity contribution in [2.24, 2.45) is 5.92 Å². The summed E-state index contributed by atoms with van der Waals surface area (Å²) in [6.45, 7) is 7.17. The van der Waals surface area contributed by atoms with Gasteiger partial charge in [-0.2, -0.15) is 0 Å². The van der Waals surface area contributed by atoms with Crippen molar-refractivity contribution < 1.29 is 19.5 Å². The Bertz CT molecular complexity index is 710. The number of aliphatic carboxylic acids is 1. The van der Waals surface area contributed by atoms with Gasteiger partial charge in [0.1, 0.15) is 12.1 Å². The standard InChI is InChI=1S/C21H32N4O4/c1-14(2)18(23-19(26)15(3)22-4)20(27)25-11-10-24(13-17(25)21(28)29)12-16-8-6-5-7-9-16/h5-9,14-15,17-18,22H,10-13H2,1-4H3,(H,23,26)(H,28,29). The summed E-state index contributed by atoms with van der Waals surface area (Å²) in [5, 5.41) is 15.4. The number of rotatable bonds is 8. The fourth-order valence-corrected chi connectivity index (χ4v) is 3.40. The predicted octanol–water partition coefficient (Wildman–Crippen LogP) is 0.533. The molecule has 3 N–H and O–H groups in total. The van der Waals surface area contributed by atoms with Crippen molar-refractivity contribution in [2.75, 3.05) is 26.7 Å². The highest BCUT2D eigenvalue weighted by atomic mass is 16.4. The summed E-state index contributed by atoms with van der Waals surface area (Å²) < 4.78 is 0. The molecule has 2 amide bonds. The van der Waals surface area contributed by atoms with Crippen LogP contribution in [0.1, 0.15) is 26.3 Å². The first-order valence-corrected chi connectivity index (χ1v) is 10.0. The number of carboxylic acid groups (broad SMARTS) is 1. The minimum absolute atomic E-state index is 0.160. The number of nitrogens with one attached hydrogen (secondary N) is 2. The van der Waals surface area contributed by atoms with Crippen LogP contribution in [-0.4, -0.2) is 77.5 Å². The summed E-state index contributed by atoms with van der Waals surface area (Å²) >= 11 is 0. The van der Waals surface area contributed by atoms with Gasteiger partial charge in [0.25, 0.3) is 0 Å². The van der Waals surface area contributed by atoms with Crippen molar-refractivity contribution in [3.05, 3.63) is 35.9 Å². The van der Waals surface area contributed by atoms with E-state index in [0.29, 0.717) is 19.6 Å². The third kappa shape index (κ3) is 6.01. The molecule has 8 heteroatoms. The zero-order valence-corrected chi connectivity index (χ0v) is 17.6. The normalized spacial score (nSPS) is 19.6. The molecule has 0 bridgehead atoms. The zero-order valence-electron chi connectivity index (χ0n) is 17.6. The van der Waals surface area contributed by atoms with E-state index in [1.54, 1.807) is 14.0 Å². The Morgan fingerprint density at radius 1 is 1.14 bits per heavy atom. The lowest BCUT2D eigenvalue weighted by atomic mass is 10.00. The fraction of sp³-hybridized carbons (Fsp3) is 0.571. The number of amides is 2. The average molecular weight is 405 g/mol. The van der Waals surface area contributed by atoms with E-state index in [-0.39, 0.29) is 24.3 Å². The van der Waals surface area contributed by atoms with E-state index in [2.05, 4.69) is 10.6 Å². The second-order valence-corrected chi connectivity index (χ2v) is 7.85. The van der Waals surface area contributed by atoms with Gasteiger partial charge < -0.3 is 20.6 Å². The van der Waals surface area contributed by atoms with Gasteiger partial charge in [-0.05, 0) is 25.5 Å². The van der Waals surface area contributed by atoms with Crippen LogP contribution in [0.4, 0.5) is 0 Å². The maximum atomic E-state index is 13.2. The number of carbonyl (C=O) groups is 3. The van der Waals surface area contributed by atoms with Gasteiger partial charge in [0.2, 0.25) is 11.8 Å².